The Morgan fingerprint density at radius 2 is 1.73 bits per heavy atom. The fraction of sp³-hybridized carbons (Fsp3) is 0.625. The molecule has 0 unspecified atom stereocenters. The van der Waals surface area contributed by atoms with E-state index in [9.17, 15) is 4.79 Å². The van der Waals surface area contributed by atoms with Crippen molar-refractivity contribution in [2.75, 3.05) is 26.4 Å². The lowest BCUT2D eigenvalue weighted by molar-refractivity contribution is -0.145. The number of carbonyl (C=O) groups excluding carboxylic acids is 1. The first-order chi connectivity index (χ1) is 7.05. The monoisotopic (exact) mass is 258 g/mol. The second-order valence-corrected chi connectivity index (χ2v) is 3.63. The molecule has 0 atom stereocenters. The highest BCUT2D eigenvalue weighted by Gasteiger charge is 2.30. The molecule has 7 heteroatoms. The Kier molecular flexibility index (Phi) is 6.87. The number of ether oxygens (including phenoxy) is 1. The molecule has 0 saturated carbocycles. The van der Waals surface area contributed by atoms with Gasteiger partial charge >= 0.3 is 5.97 Å². The van der Waals surface area contributed by atoms with Crippen LogP contribution in [0.4, 0.5) is 0 Å². The van der Waals surface area contributed by atoms with Crippen LogP contribution >= 0.6 is 23.2 Å². The van der Waals surface area contributed by atoms with Crippen LogP contribution < -0.4 is 0 Å². The van der Waals surface area contributed by atoms with Gasteiger partial charge in [-0.3, -0.25) is 0 Å². The van der Waals surface area contributed by atoms with E-state index in [-0.39, 0.29) is 11.6 Å². The lowest BCUT2D eigenvalue weighted by Gasteiger charge is -2.26. The van der Waals surface area contributed by atoms with E-state index in [1.807, 2.05) is 0 Å². The number of esters is 1. The predicted molar refractivity (Wildman–Crippen MR) is 54.4 cm³/mol. The maximum absolute atomic E-state index is 11.0. The quantitative estimate of drug-likeness (QED) is 0.454. The molecule has 0 amide bonds. The van der Waals surface area contributed by atoms with Crippen LogP contribution in [0.25, 0.3) is 0 Å². The Morgan fingerprint density at radius 1 is 1.27 bits per heavy atom. The van der Waals surface area contributed by atoms with E-state index in [0.717, 1.165) is 5.54 Å². The molecule has 0 fully saturated rings. The van der Waals surface area contributed by atoms with E-state index in [4.69, 9.17) is 38.5 Å². The predicted octanol–water partition coefficient (Wildman–Crippen LogP) is -0.188. The van der Waals surface area contributed by atoms with Gasteiger partial charge in [0.15, 0.2) is 0 Å². The molecule has 0 aliphatic heterocycles. The Morgan fingerprint density at radius 3 is 2.07 bits per heavy atom. The van der Waals surface area contributed by atoms with Crippen LogP contribution in [0.5, 0.6) is 0 Å². The van der Waals surface area contributed by atoms with Gasteiger partial charge in [0, 0.05) is 5.54 Å². The fourth-order valence-corrected chi connectivity index (χ4v) is 0.763. The van der Waals surface area contributed by atoms with Gasteiger partial charge in [0.2, 0.25) is 0 Å². The number of hydrogen-bond donors (Lipinski definition) is 3. The van der Waals surface area contributed by atoms with Gasteiger partial charge in [-0.05, 0) is 0 Å². The van der Waals surface area contributed by atoms with Gasteiger partial charge in [-0.1, -0.05) is 23.2 Å². The summed E-state index contributed by atoms with van der Waals surface area (Å²) in [4.78, 5) is 11.0. The SMILES string of the molecule is O=C(OCC(CO)(CO)CO)/C(Cl)=C/Cl. The molecule has 0 bridgehead atoms. The number of carbonyl (C=O) groups is 1. The van der Waals surface area contributed by atoms with Crippen LogP contribution in [0.3, 0.4) is 0 Å². The Balaban J connectivity index is 4.29. The third-order valence-corrected chi connectivity index (χ3v) is 2.40. The van der Waals surface area contributed by atoms with E-state index >= 15 is 0 Å². The molecule has 0 aliphatic carbocycles. The molecule has 0 aromatic heterocycles. The van der Waals surface area contributed by atoms with Crippen molar-refractivity contribution in [3.8, 4) is 0 Å². The van der Waals surface area contributed by atoms with Gasteiger partial charge < -0.3 is 20.1 Å². The maximum atomic E-state index is 11.0. The van der Waals surface area contributed by atoms with Gasteiger partial charge in [-0.25, -0.2) is 4.79 Å². The summed E-state index contributed by atoms with van der Waals surface area (Å²) in [5.41, 5.74) is -0.429. The molecule has 15 heavy (non-hydrogen) atoms. The summed E-state index contributed by atoms with van der Waals surface area (Å²) in [5, 5.41) is 26.4. The highest BCUT2D eigenvalue weighted by molar-refractivity contribution is 6.45. The Bertz CT molecular complexity index is 229. The molecular weight excluding hydrogens is 247 g/mol. The van der Waals surface area contributed by atoms with Crippen LogP contribution in [0.15, 0.2) is 10.6 Å². The van der Waals surface area contributed by atoms with Gasteiger partial charge in [0.05, 0.1) is 25.2 Å². The van der Waals surface area contributed by atoms with Gasteiger partial charge in [-0.2, -0.15) is 0 Å². The zero-order valence-electron chi connectivity index (χ0n) is 7.82. The van der Waals surface area contributed by atoms with Crippen molar-refractivity contribution < 1.29 is 24.9 Å². The second kappa shape index (κ2) is 7.03. The largest absolute Gasteiger partial charge is 0.461 e. The van der Waals surface area contributed by atoms with Crippen LogP contribution in [-0.4, -0.2) is 47.7 Å². The average Bonchev–Trinajstić information content (AvgIpc) is 2.30. The first kappa shape index (κ1) is 14.7. The number of hydrogen-bond acceptors (Lipinski definition) is 5. The van der Waals surface area contributed by atoms with Crippen molar-refractivity contribution in [2.24, 2.45) is 5.41 Å². The van der Waals surface area contributed by atoms with Crippen molar-refractivity contribution >= 4 is 29.2 Å². The summed E-state index contributed by atoms with van der Waals surface area (Å²) in [6, 6.07) is 0. The Hall–Kier alpha value is -0.330. The summed E-state index contributed by atoms with van der Waals surface area (Å²) < 4.78 is 4.63. The van der Waals surface area contributed by atoms with Crippen molar-refractivity contribution in [1.82, 2.24) is 0 Å². The molecule has 0 aromatic rings. The fourth-order valence-electron chi connectivity index (χ4n) is 0.619. The molecule has 0 aliphatic rings. The zero-order chi connectivity index (χ0) is 11.9. The normalized spacial score (nSPS) is 12.7. The topological polar surface area (TPSA) is 87.0 Å². The minimum absolute atomic E-state index is 0.320. The molecule has 0 aromatic carbocycles. The van der Waals surface area contributed by atoms with Gasteiger partial charge in [-0.15, -0.1) is 0 Å². The number of halogens is 2. The summed E-state index contributed by atoms with van der Waals surface area (Å²) in [6.07, 6.45) is 0. The number of aliphatic hydroxyl groups is 3. The minimum atomic E-state index is -1.26. The lowest BCUT2D eigenvalue weighted by atomic mass is 9.93. The zero-order valence-corrected chi connectivity index (χ0v) is 9.33. The van der Waals surface area contributed by atoms with E-state index in [2.05, 4.69) is 4.74 Å². The summed E-state index contributed by atoms with van der Waals surface area (Å²) in [6.45, 7) is -1.91. The van der Waals surface area contributed by atoms with E-state index in [1.54, 1.807) is 0 Å². The first-order valence-electron chi connectivity index (χ1n) is 4.01. The van der Waals surface area contributed by atoms with Crippen molar-refractivity contribution in [3.05, 3.63) is 10.6 Å². The lowest BCUT2D eigenvalue weighted by Crippen LogP contribution is -2.39. The van der Waals surface area contributed by atoms with E-state index < -0.39 is 31.2 Å². The Labute approximate surface area is 96.9 Å². The molecule has 0 saturated heterocycles. The van der Waals surface area contributed by atoms with Crippen LogP contribution in [-0.2, 0) is 9.53 Å². The van der Waals surface area contributed by atoms with Gasteiger partial charge in [0.1, 0.15) is 11.6 Å². The van der Waals surface area contributed by atoms with Crippen LogP contribution in [0.1, 0.15) is 0 Å². The molecule has 0 rings (SSSR count). The third-order valence-electron chi connectivity index (χ3n) is 1.81. The molecule has 0 spiro atoms. The average molecular weight is 259 g/mol. The molecule has 0 heterocycles. The van der Waals surface area contributed by atoms with Crippen LogP contribution in [0, 0.1) is 5.41 Å². The molecular formula is C8H12Cl2O5. The molecule has 0 radical (unpaired) electrons. The standard InChI is InChI=1S/C8H12Cl2O5/c9-1-6(10)7(14)15-5-8(2-11,3-12)4-13/h1,11-13H,2-5H2/b6-1-. The minimum Gasteiger partial charge on any atom is -0.461 e. The molecule has 88 valence electrons. The molecule has 3 N–H and O–H groups in total. The highest BCUT2D eigenvalue weighted by Crippen LogP contribution is 2.16. The second-order valence-electron chi connectivity index (χ2n) is 3.01. The van der Waals surface area contributed by atoms with Crippen molar-refractivity contribution in [1.29, 1.82) is 0 Å². The van der Waals surface area contributed by atoms with Gasteiger partial charge in [0.25, 0.3) is 0 Å². The van der Waals surface area contributed by atoms with E-state index in [0.29, 0.717) is 0 Å². The highest BCUT2D eigenvalue weighted by atomic mass is 35.5. The van der Waals surface area contributed by atoms with E-state index in [1.165, 1.54) is 0 Å². The van der Waals surface area contributed by atoms with Crippen molar-refractivity contribution in [3.63, 3.8) is 0 Å². The number of aliphatic hydroxyl groups excluding tert-OH is 3. The summed E-state index contributed by atoms with van der Waals surface area (Å²) >= 11 is 10.5. The number of rotatable bonds is 6. The van der Waals surface area contributed by atoms with Crippen molar-refractivity contribution in [2.45, 2.75) is 0 Å². The summed E-state index contributed by atoms with van der Waals surface area (Å²) in [5.74, 6) is -0.883. The third kappa shape index (κ3) is 4.36. The first-order valence-corrected chi connectivity index (χ1v) is 4.82. The molecule has 5 nitrogen and oxygen atoms in total. The smallest absolute Gasteiger partial charge is 0.350 e. The maximum Gasteiger partial charge on any atom is 0.350 e. The summed E-state index contributed by atoms with van der Waals surface area (Å²) in [7, 11) is 0. The van der Waals surface area contributed by atoms with Crippen LogP contribution in [0.2, 0.25) is 0 Å².